The Morgan fingerprint density at radius 1 is 1.56 bits per heavy atom. The Hall–Kier alpha value is -2.22. The van der Waals surface area contributed by atoms with Gasteiger partial charge >= 0.3 is 5.97 Å². The predicted octanol–water partition coefficient (Wildman–Crippen LogP) is 1.85. The largest absolute Gasteiger partial charge is 0.478 e. The minimum absolute atomic E-state index is 0.120. The molecule has 0 heterocycles. The number of anilines is 2. The lowest BCUT2D eigenvalue weighted by Gasteiger charge is -2.24. The maximum absolute atomic E-state index is 10.9. The molecule has 1 saturated carbocycles. The lowest BCUT2D eigenvalue weighted by Crippen LogP contribution is -2.26. The van der Waals surface area contributed by atoms with Crippen LogP contribution in [0, 0.1) is 11.3 Å². The van der Waals surface area contributed by atoms with Crippen LogP contribution in [0.2, 0.25) is 0 Å². The quantitative estimate of drug-likeness (QED) is 0.772. The molecule has 0 radical (unpaired) electrons. The summed E-state index contributed by atoms with van der Waals surface area (Å²) in [6, 6.07) is 7.56. The van der Waals surface area contributed by atoms with Crippen LogP contribution in [0.25, 0.3) is 0 Å². The molecule has 5 heteroatoms. The van der Waals surface area contributed by atoms with Crippen LogP contribution in [0.3, 0.4) is 0 Å². The highest BCUT2D eigenvalue weighted by Crippen LogP contribution is 2.33. The second-order valence-electron chi connectivity index (χ2n) is 4.41. The lowest BCUT2D eigenvalue weighted by molar-refractivity contribution is 0.0698. The van der Waals surface area contributed by atoms with Crippen LogP contribution < -0.4 is 10.6 Å². The van der Waals surface area contributed by atoms with Crippen LogP contribution in [0.5, 0.6) is 0 Å². The minimum Gasteiger partial charge on any atom is -0.478 e. The van der Waals surface area contributed by atoms with Gasteiger partial charge in [-0.15, -0.1) is 0 Å². The molecule has 2 rings (SSSR count). The van der Waals surface area contributed by atoms with Gasteiger partial charge in [-0.05, 0) is 31.0 Å². The third-order valence-electron chi connectivity index (χ3n) is 3.05. The Kier molecular flexibility index (Phi) is 3.38. The van der Waals surface area contributed by atoms with Crippen LogP contribution in [0.4, 0.5) is 11.4 Å². The van der Waals surface area contributed by atoms with Crippen LogP contribution in [-0.2, 0) is 0 Å². The topological polar surface area (TPSA) is 90.3 Å². The van der Waals surface area contributed by atoms with Crippen LogP contribution >= 0.6 is 0 Å². The fourth-order valence-corrected chi connectivity index (χ4v) is 2.00. The van der Waals surface area contributed by atoms with E-state index in [-0.39, 0.29) is 11.3 Å². The summed E-state index contributed by atoms with van der Waals surface area (Å²) in [5, 5.41) is 17.6. The number of rotatable bonds is 5. The van der Waals surface area contributed by atoms with Crippen molar-refractivity contribution in [2.75, 3.05) is 17.2 Å². The third kappa shape index (κ3) is 2.54. The Labute approximate surface area is 105 Å². The molecule has 1 aliphatic carbocycles. The number of hydrogen-bond donors (Lipinski definition) is 2. The summed E-state index contributed by atoms with van der Waals surface area (Å²) in [7, 11) is 0. The van der Waals surface area contributed by atoms with Gasteiger partial charge in [0.2, 0.25) is 0 Å². The fourth-order valence-electron chi connectivity index (χ4n) is 2.00. The van der Waals surface area contributed by atoms with Crippen molar-refractivity contribution in [2.45, 2.75) is 25.3 Å². The normalized spacial score (nSPS) is 13.9. The van der Waals surface area contributed by atoms with Crippen molar-refractivity contribution >= 4 is 17.3 Å². The number of benzene rings is 1. The molecule has 0 saturated heterocycles. The van der Waals surface area contributed by atoms with Crippen LogP contribution in [-0.4, -0.2) is 23.7 Å². The molecule has 0 bridgehead atoms. The monoisotopic (exact) mass is 245 g/mol. The van der Waals surface area contributed by atoms with Crippen LogP contribution in [0.15, 0.2) is 18.2 Å². The number of hydrogen-bond acceptors (Lipinski definition) is 4. The van der Waals surface area contributed by atoms with Gasteiger partial charge in [0, 0.05) is 24.0 Å². The molecule has 1 fully saturated rings. The van der Waals surface area contributed by atoms with Crippen molar-refractivity contribution in [3.63, 3.8) is 0 Å². The van der Waals surface area contributed by atoms with Gasteiger partial charge in [0.15, 0.2) is 0 Å². The highest BCUT2D eigenvalue weighted by molar-refractivity contribution is 5.94. The summed E-state index contributed by atoms with van der Waals surface area (Å²) in [6.45, 7) is 0.660. The molecule has 0 amide bonds. The first-order valence-corrected chi connectivity index (χ1v) is 5.90. The molecule has 0 atom stereocenters. The van der Waals surface area contributed by atoms with Gasteiger partial charge < -0.3 is 15.7 Å². The number of nitrogen functional groups attached to an aromatic ring is 1. The zero-order valence-electron chi connectivity index (χ0n) is 9.97. The number of nitrogens with two attached hydrogens (primary N) is 1. The Morgan fingerprint density at radius 2 is 2.28 bits per heavy atom. The SMILES string of the molecule is N#CCCN(c1ccc(C(=O)O)c(N)c1)C1CC1. The summed E-state index contributed by atoms with van der Waals surface area (Å²) >= 11 is 0. The number of nitriles is 1. The summed E-state index contributed by atoms with van der Waals surface area (Å²) in [5.74, 6) is -1.02. The van der Waals surface area contributed by atoms with Gasteiger partial charge in [0.25, 0.3) is 0 Å². The van der Waals surface area contributed by atoms with E-state index in [1.54, 1.807) is 12.1 Å². The Balaban J connectivity index is 2.23. The van der Waals surface area contributed by atoms with E-state index in [1.807, 2.05) is 0 Å². The number of carboxylic acids is 1. The number of carbonyl (C=O) groups is 1. The van der Waals surface area contributed by atoms with Crippen LogP contribution in [0.1, 0.15) is 29.6 Å². The van der Waals surface area contributed by atoms with Gasteiger partial charge in [-0.3, -0.25) is 0 Å². The van der Waals surface area contributed by atoms with E-state index in [0.29, 0.717) is 19.0 Å². The molecule has 1 aromatic carbocycles. The van der Waals surface area contributed by atoms with Gasteiger partial charge in [0.1, 0.15) is 0 Å². The molecule has 1 aromatic rings. The van der Waals surface area contributed by atoms with E-state index in [9.17, 15) is 4.79 Å². The molecular formula is C13H15N3O2. The van der Waals surface area contributed by atoms with Gasteiger partial charge in [-0.1, -0.05) is 0 Å². The first-order chi connectivity index (χ1) is 8.63. The zero-order chi connectivity index (χ0) is 13.1. The maximum atomic E-state index is 10.9. The van der Waals surface area contributed by atoms with E-state index in [2.05, 4.69) is 11.0 Å². The lowest BCUT2D eigenvalue weighted by atomic mass is 10.1. The van der Waals surface area contributed by atoms with E-state index in [4.69, 9.17) is 16.1 Å². The molecule has 1 aliphatic rings. The molecule has 94 valence electrons. The average Bonchev–Trinajstić information content (AvgIpc) is 3.13. The predicted molar refractivity (Wildman–Crippen MR) is 68.4 cm³/mol. The van der Waals surface area contributed by atoms with E-state index < -0.39 is 5.97 Å². The van der Waals surface area contributed by atoms with E-state index in [1.165, 1.54) is 6.07 Å². The number of carboxylic acid groups (broad SMARTS) is 1. The van der Waals surface area contributed by atoms with Crippen molar-refractivity contribution in [1.82, 2.24) is 0 Å². The van der Waals surface area contributed by atoms with Gasteiger partial charge in [0.05, 0.1) is 18.1 Å². The number of aromatic carboxylic acids is 1. The first-order valence-electron chi connectivity index (χ1n) is 5.90. The Bertz CT molecular complexity index is 503. The summed E-state index contributed by atoms with van der Waals surface area (Å²) in [5.41, 5.74) is 7.02. The smallest absolute Gasteiger partial charge is 0.337 e. The zero-order valence-corrected chi connectivity index (χ0v) is 9.97. The molecule has 0 spiro atoms. The number of nitrogens with zero attached hydrogens (tertiary/aromatic N) is 2. The Morgan fingerprint density at radius 3 is 2.78 bits per heavy atom. The third-order valence-corrected chi connectivity index (χ3v) is 3.05. The summed E-state index contributed by atoms with van der Waals surface area (Å²) in [6.07, 6.45) is 2.69. The van der Waals surface area contributed by atoms with Gasteiger partial charge in [-0.2, -0.15) is 5.26 Å². The van der Waals surface area contributed by atoms with Gasteiger partial charge in [-0.25, -0.2) is 4.79 Å². The second kappa shape index (κ2) is 4.96. The van der Waals surface area contributed by atoms with E-state index >= 15 is 0 Å². The maximum Gasteiger partial charge on any atom is 0.337 e. The average molecular weight is 245 g/mol. The van der Waals surface area contributed by atoms with Crippen molar-refractivity contribution in [2.24, 2.45) is 0 Å². The summed E-state index contributed by atoms with van der Waals surface area (Å²) < 4.78 is 0. The molecule has 3 N–H and O–H groups in total. The standard InChI is InChI=1S/C13H15N3O2/c14-6-1-7-16(9-2-3-9)10-4-5-11(13(17)18)12(15)8-10/h4-5,8-9H,1-3,7,15H2,(H,17,18). The highest BCUT2D eigenvalue weighted by atomic mass is 16.4. The molecule has 0 aromatic heterocycles. The van der Waals surface area contributed by atoms with Crippen molar-refractivity contribution < 1.29 is 9.90 Å². The molecule has 5 nitrogen and oxygen atoms in total. The van der Waals surface area contributed by atoms with Crippen molar-refractivity contribution in [3.05, 3.63) is 23.8 Å². The first kappa shape index (κ1) is 12.2. The van der Waals surface area contributed by atoms with Crippen molar-refractivity contribution in [3.8, 4) is 6.07 Å². The summed E-state index contributed by atoms with van der Waals surface area (Å²) in [4.78, 5) is 13.0. The fraction of sp³-hybridized carbons (Fsp3) is 0.385. The molecule has 18 heavy (non-hydrogen) atoms. The molecule has 0 aliphatic heterocycles. The minimum atomic E-state index is -1.02. The van der Waals surface area contributed by atoms with E-state index in [0.717, 1.165) is 18.5 Å². The van der Waals surface area contributed by atoms with Crippen molar-refractivity contribution in [1.29, 1.82) is 5.26 Å². The molecule has 0 unspecified atom stereocenters. The second-order valence-corrected chi connectivity index (χ2v) is 4.41. The highest BCUT2D eigenvalue weighted by Gasteiger charge is 2.29. The molecular weight excluding hydrogens is 230 g/mol.